The van der Waals surface area contributed by atoms with Gasteiger partial charge in [0.15, 0.2) is 0 Å². The molecule has 1 N–H and O–H groups in total. The maximum Gasteiger partial charge on any atom is 0.292 e. The van der Waals surface area contributed by atoms with E-state index >= 15 is 0 Å². The van der Waals surface area contributed by atoms with Gasteiger partial charge in [-0.15, -0.1) is 0 Å². The number of aromatic nitrogens is 1. The molecule has 0 saturated carbocycles. The fourth-order valence-electron chi connectivity index (χ4n) is 3.30. The summed E-state index contributed by atoms with van der Waals surface area (Å²) in [7, 11) is 0. The van der Waals surface area contributed by atoms with Gasteiger partial charge >= 0.3 is 0 Å². The summed E-state index contributed by atoms with van der Waals surface area (Å²) in [5.74, 6) is -0.857. The van der Waals surface area contributed by atoms with Gasteiger partial charge in [-0.05, 0) is 24.3 Å². The second-order valence-electron chi connectivity index (χ2n) is 5.83. The van der Waals surface area contributed by atoms with E-state index in [1.807, 2.05) is 0 Å². The van der Waals surface area contributed by atoms with Crippen LogP contribution in [-0.2, 0) is 13.0 Å². The molecule has 7 heteroatoms. The number of nitro groups is 1. The van der Waals surface area contributed by atoms with Crippen LogP contribution in [0.2, 0.25) is 0 Å². The fraction of sp³-hybridized carbons (Fsp3) is 0.176. The third-order valence-corrected chi connectivity index (χ3v) is 4.41. The lowest BCUT2D eigenvalue weighted by Crippen LogP contribution is -2.30. The highest BCUT2D eigenvalue weighted by atomic mass is 19.1. The molecular weight excluding hydrogens is 316 g/mol. The van der Waals surface area contributed by atoms with E-state index in [0.717, 1.165) is 28.2 Å². The summed E-state index contributed by atoms with van der Waals surface area (Å²) < 4.78 is 27.2. The molecule has 0 atom stereocenters. The standard InChI is InChI=1S/C17H13F2N3O2/c18-10-1-3-14-12(7-10)13-9-21(6-5-15(13)20-14)17-8-11(19)2-4-16(17)22(23)24/h1-4,7-8,20H,5-6,9H2. The van der Waals surface area contributed by atoms with Gasteiger partial charge < -0.3 is 9.88 Å². The van der Waals surface area contributed by atoms with E-state index in [1.165, 1.54) is 24.3 Å². The molecule has 0 saturated heterocycles. The van der Waals surface area contributed by atoms with E-state index < -0.39 is 10.7 Å². The number of aromatic amines is 1. The second kappa shape index (κ2) is 5.30. The molecule has 0 bridgehead atoms. The topological polar surface area (TPSA) is 62.2 Å². The molecule has 122 valence electrons. The van der Waals surface area contributed by atoms with Crippen LogP contribution in [-0.4, -0.2) is 16.5 Å². The van der Waals surface area contributed by atoms with Gasteiger partial charge in [0.25, 0.3) is 5.69 Å². The Morgan fingerprint density at radius 3 is 2.67 bits per heavy atom. The first kappa shape index (κ1) is 14.6. The molecule has 0 fully saturated rings. The van der Waals surface area contributed by atoms with Gasteiger partial charge in [-0.1, -0.05) is 0 Å². The molecule has 4 rings (SSSR count). The maximum atomic E-state index is 13.6. The molecule has 0 radical (unpaired) electrons. The predicted molar refractivity (Wildman–Crippen MR) is 86.1 cm³/mol. The number of nitrogens with zero attached hydrogens (tertiary/aromatic N) is 2. The fourth-order valence-corrected chi connectivity index (χ4v) is 3.30. The molecule has 0 amide bonds. The number of halogens is 2. The summed E-state index contributed by atoms with van der Waals surface area (Å²) in [6, 6.07) is 7.96. The summed E-state index contributed by atoms with van der Waals surface area (Å²) in [6.45, 7) is 0.885. The molecule has 5 nitrogen and oxygen atoms in total. The van der Waals surface area contributed by atoms with Crippen LogP contribution in [0.15, 0.2) is 36.4 Å². The summed E-state index contributed by atoms with van der Waals surface area (Å²) >= 11 is 0. The van der Waals surface area contributed by atoms with Crippen molar-refractivity contribution in [2.24, 2.45) is 0 Å². The molecule has 2 heterocycles. The van der Waals surface area contributed by atoms with Crippen LogP contribution in [0.25, 0.3) is 10.9 Å². The predicted octanol–water partition coefficient (Wildman–Crippen LogP) is 3.92. The smallest absolute Gasteiger partial charge is 0.292 e. The Bertz CT molecular complexity index is 968. The number of anilines is 1. The highest BCUT2D eigenvalue weighted by Crippen LogP contribution is 2.35. The number of benzene rings is 2. The molecule has 1 aliphatic rings. The third kappa shape index (κ3) is 2.29. The molecule has 1 aliphatic heterocycles. The summed E-state index contributed by atoms with van der Waals surface area (Å²) in [4.78, 5) is 15.7. The van der Waals surface area contributed by atoms with Gasteiger partial charge in [-0.25, -0.2) is 8.78 Å². The van der Waals surface area contributed by atoms with Gasteiger partial charge in [0.2, 0.25) is 0 Å². The molecule has 1 aromatic heterocycles. The molecule has 0 aliphatic carbocycles. The number of hydrogen-bond acceptors (Lipinski definition) is 3. The Morgan fingerprint density at radius 1 is 1.12 bits per heavy atom. The zero-order valence-corrected chi connectivity index (χ0v) is 12.6. The Balaban J connectivity index is 1.80. The Kier molecular flexibility index (Phi) is 3.23. The van der Waals surface area contributed by atoms with Gasteiger partial charge in [0.1, 0.15) is 17.3 Å². The zero-order valence-electron chi connectivity index (χ0n) is 12.6. The summed E-state index contributed by atoms with van der Waals surface area (Å²) in [5.41, 5.74) is 2.83. The van der Waals surface area contributed by atoms with Gasteiger partial charge in [-0.2, -0.15) is 0 Å². The van der Waals surface area contributed by atoms with Crippen molar-refractivity contribution in [3.05, 3.63) is 69.4 Å². The van der Waals surface area contributed by atoms with Crippen molar-refractivity contribution in [1.29, 1.82) is 0 Å². The van der Waals surface area contributed by atoms with E-state index in [9.17, 15) is 18.9 Å². The lowest BCUT2D eigenvalue weighted by molar-refractivity contribution is -0.384. The van der Waals surface area contributed by atoms with Crippen LogP contribution >= 0.6 is 0 Å². The van der Waals surface area contributed by atoms with E-state index in [4.69, 9.17) is 0 Å². The Hall–Kier alpha value is -2.96. The van der Waals surface area contributed by atoms with E-state index in [0.29, 0.717) is 19.5 Å². The minimum Gasteiger partial charge on any atom is -0.361 e. The normalized spacial score (nSPS) is 14.0. The number of rotatable bonds is 2. The number of hydrogen-bond donors (Lipinski definition) is 1. The number of nitro benzene ring substituents is 1. The van der Waals surface area contributed by atoms with Crippen molar-refractivity contribution in [3.63, 3.8) is 0 Å². The van der Waals surface area contributed by atoms with Crippen molar-refractivity contribution < 1.29 is 13.7 Å². The molecule has 3 aromatic rings. The quantitative estimate of drug-likeness (QED) is 0.572. The summed E-state index contributed by atoms with van der Waals surface area (Å²) in [5, 5.41) is 12.0. The second-order valence-corrected chi connectivity index (χ2v) is 5.83. The van der Waals surface area contributed by atoms with Gasteiger partial charge in [0.05, 0.1) is 4.92 Å². The highest BCUT2D eigenvalue weighted by molar-refractivity contribution is 5.85. The average molecular weight is 329 g/mol. The molecule has 0 spiro atoms. The van der Waals surface area contributed by atoms with Crippen molar-refractivity contribution in [2.75, 3.05) is 11.4 Å². The maximum absolute atomic E-state index is 13.6. The highest BCUT2D eigenvalue weighted by Gasteiger charge is 2.26. The van der Waals surface area contributed by atoms with Crippen molar-refractivity contribution in [2.45, 2.75) is 13.0 Å². The monoisotopic (exact) mass is 329 g/mol. The average Bonchev–Trinajstić information content (AvgIpc) is 2.91. The summed E-state index contributed by atoms with van der Waals surface area (Å²) in [6.07, 6.45) is 0.624. The first-order valence-electron chi connectivity index (χ1n) is 7.51. The number of H-pyrrole nitrogens is 1. The van der Waals surface area contributed by atoms with Crippen LogP contribution in [0.1, 0.15) is 11.3 Å². The van der Waals surface area contributed by atoms with Crippen molar-refractivity contribution in [1.82, 2.24) is 4.98 Å². The van der Waals surface area contributed by atoms with E-state index in [1.54, 1.807) is 11.0 Å². The van der Waals surface area contributed by atoms with E-state index in [2.05, 4.69) is 4.98 Å². The molecule has 0 unspecified atom stereocenters. The van der Waals surface area contributed by atoms with Crippen molar-refractivity contribution >= 4 is 22.3 Å². The van der Waals surface area contributed by atoms with Crippen LogP contribution in [0.5, 0.6) is 0 Å². The van der Waals surface area contributed by atoms with Crippen LogP contribution in [0, 0.1) is 21.7 Å². The van der Waals surface area contributed by atoms with Crippen LogP contribution < -0.4 is 4.90 Å². The number of fused-ring (bicyclic) bond motifs is 3. The van der Waals surface area contributed by atoms with Crippen molar-refractivity contribution in [3.8, 4) is 0 Å². The lowest BCUT2D eigenvalue weighted by Gasteiger charge is -2.28. The molecule has 24 heavy (non-hydrogen) atoms. The molecular formula is C17H13F2N3O2. The first-order valence-corrected chi connectivity index (χ1v) is 7.51. The Morgan fingerprint density at radius 2 is 1.88 bits per heavy atom. The van der Waals surface area contributed by atoms with Crippen LogP contribution in [0.4, 0.5) is 20.2 Å². The Labute approximate surface area is 135 Å². The minimum absolute atomic E-state index is 0.133. The largest absolute Gasteiger partial charge is 0.361 e. The van der Waals surface area contributed by atoms with Gasteiger partial charge in [-0.3, -0.25) is 10.1 Å². The lowest BCUT2D eigenvalue weighted by atomic mass is 10.0. The third-order valence-electron chi connectivity index (χ3n) is 4.41. The van der Waals surface area contributed by atoms with Gasteiger partial charge in [0, 0.05) is 53.8 Å². The number of nitrogens with one attached hydrogen (secondary N) is 1. The molecule has 2 aromatic carbocycles. The van der Waals surface area contributed by atoms with Crippen LogP contribution in [0.3, 0.4) is 0 Å². The first-order chi connectivity index (χ1) is 11.5. The minimum atomic E-state index is -0.522. The zero-order chi connectivity index (χ0) is 16.8. The van der Waals surface area contributed by atoms with E-state index in [-0.39, 0.29) is 17.2 Å². The SMILES string of the molecule is O=[N+]([O-])c1ccc(F)cc1N1CCc2[nH]c3ccc(F)cc3c2C1.